The number of aromatic nitrogens is 1. The molecule has 0 unspecified atom stereocenters. The Balaban J connectivity index is 3.38. The molecular weight excluding hydrogens is 348 g/mol. The molecule has 0 radical (unpaired) electrons. The van der Waals surface area contributed by atoms with E-state index < -0.39 is 29.9 Å². The van der Waals surface area contributed by atoms with Crippen LogP contribution in [-0.4, -0.2) is 18.5 Å². The van der Waals surface area contributed by atoms with E-state index in [4.69, 9.17) is 0 Å². The van der Waals surface area contributed by atoms with E-state index in [0.717, 1.165) is 13.2 Å². The second-order valence-corrected chi connectivity index (χ2v) is 3.74. The van der Waals surface area contributed by atoms with Gasteiger partial charge in [0.1, 0.15) is 0 Å². The fourth-order valence-corrected chi connectivity index (χ4v) is 1.62. The van der Waals surface area contributed by atoms with E-state index in [1.807, 2.05) is 0 Å². The first-order chi connectivity index (χ1) is 8.58. The van der Waals surface area contributed by atoms with Crippen LogP contribution in [0.1, 0.15) is 11.3 Å². The van der Waals surface area contributed by atoms with Crippen molar-refractivity contribution in [3.05, 3.63) is 17.3 Å². The second kappa shape index (κ2) is 5.43. The van der Waals surface area contributed by atoms with Gasteiger partial charge in [0.15, 0.2) is 11.4 Å². The highest BCUT2D eigenvalue weighted by Crippen LogP contribution is 2.38. The first kappa shape index (κ1) is 15.9. The van der Waals surface area contributed by atoms with Crippen LogP contribution in [0.25, 0.3) is 0 Å². The van der Waals surface area contributed by atoms with Gasteiger partial charge in [0.05, 0.1) is 7.11 Å². The summed E-state index contributed by atoms with van der Waals surface area (Å²) in [6.07, 6.45) is -10.1. The third kappa shape index (κ3) is 4.15. The van der Waals surface area contributed by atoms with Crippen molar-refractivity contribution in [2.24, 2.45) is 0 Å². The molecule has 19 heavy (non-hydrogen) atoms. The second-order valence-electron chi connectivity index (χ2n) is 3.18. The van der Waals surface area contributed by atoms with Gasteiger partial charge < -0.3 is 9.47 Å². The van der Waals surface area contributed by atoms with E-state index >= 15 is 0 Å². The van der Waals surface area contributed by atoms with E-state index in [1.165, 1.54) is 0 Å². The Morgan fingerprint density at radius 2 is 1.79 bits per heavy atom. The lowest BCUT2D eigenvalue weighted by Gasteiger charge is -2.16. The SMILES string of the molecule is COc1cc(CBr)c(C(F)(F)F)nc1OC(F)(F)F. The summed E-state index contributed by atoms with van der Waals surface area (Å²) in [5.74, 6) is -1.83. The van der Waals surface area contributed by atoms with Crippen molar-refractivity contribution in [3.8, 4) is 11.6 Å². The van der Waals surface area contributed by atoms with Crippen LogP contribution in [0.15, 0.2) is 6.07 Å². The van der Waals surface area contributed by atoms with Gasteiger partial charge in [-0.25, -0.2) is 4.98 Å². The van der Waals surface area contributed by atoms with Crippen molar-refractivity contribution in [3.63, 3.8) is 0 Å². The van der Waals surface area contributed by atoms with Crippen LogP contribution >= 0.6 is 15.9 Å². The average molecular weight is 354 g/mol. The van der Waals surface area contributed by atoms with Gasteiger partial charge in [-0.05, 0) is 11.6 Å². The Kier molecular flexibility index (Phi) is 4.54. The van der Waals surface area contributed by atoms with Gasteiger partial charge in [-0.1, -0.05) is 15.9 Å². The summed E-state index contributed by atoms with van der Waals surface area (Å²) in [5.41, 5.74) is -1.83. The quantitative estimate of drug-likeness (QED) is 0.610. The van der Waals surface area contributed by atoms with E-state index in [0.29, 0.717) is 0 Å². The minimum atomic E-state index is -5.17. The number of nitrogens with zero attached hydrogens (tertiary/aromatic N) is 1. The van der Waals surface area contributed by atoms with Crippen LogP contribution in [0.3, 0.4) is 0 Å². The summed E-state index contributed by atoms with van der Waals surface area (Å²) in [6, 6.07) is 0.783. The number of hydrogen-bond acceptors (Lipinski definition) is 3. The van der Waals surface area contributed by atoms with E-state index in [9.17, 15) is 26.3 Å². The molecule has 10 heteroatoms. The van der Waals surface area contributed by atoms with Gasteiger partial charge in [-0.15, -0.1) is 13.2 Å². The highest BCUT2D eigenvalue weighted by Gasteiger charge is 2.39. The van der Waals surface area contributed by atoms with Crippen molar-refractivity contribution in [1.29, 1.82) is 0 Å². The maximum absolute atomic E-state index is 12.6. The molecule has 0 aliphatic rings. The van der Waals surface area contributed by atoms with Gasteiger partial charge in [0, 0.05) is 5.33 Å². The van der Waals surface area contributed by atoms with Crippen molar-refractivity contribution in [2.75, 3.05) is 7.11 Å². The average Bonchev–Trinajstić information content (AvgIpc) is 2.25. The van der Waals surface area contributed by atoms with Crippen LogP contribution in [0.5, 0.6) is 11.6 Å². The van der Waals surface area contributed by atoms with Crippen LogP contribution < -0.4 is 9.47 Å². The summed E-state index contributed by atoms with van der Waals surface area (Å²) in [6.45, 7) is 0. The zero-order chi connectivity index (χ0) is 14.8. The van der Waals surface area contributed by atoms with Gasteiger partial charge in [0.2, 0.25) is 0 Å². The monoisotopic (exact) mass is 353 g/mol. The zero-order valence-electron chi connectivity index (χ0n) is 9.19. The minimum absolute atomic E-state index is 0.252. The molecule has 0 atom stereocenters. The number of pyridine rings is 1. The number of hydrogen-bond donors (Lipinski definition) is 0. The van der Waals surface area contributed by atoms with Crippen LogP contribution in [-0.2, 0) is 11.5 Å². The molecule has 0 saturated carbocycles. The Bertz CT molecular complexity index is 459. The summed E-state index contributed by atoms with van der Waals surface area (Å²) in [7, 11) is 0.992. The van der Waals surface area contributed by atoms with Crippen molar-refractivity contribution >= 4 is 15.9 Å². The minimum Gasteiger partial charge on any atom is -0.491 e. The smallest absolute Gasteiger partial charge is 0.491 e. The highest BCUT2D eigenvalue weighted by atomic mass is 79.9. The largest absolute Gasteiger partial charge is 0.574 e. The van der Waals surface area contributed by atoms with Gasteiger partial charge >= 0.3 is 12.5 Å². The predicted octanol–water partition coefficient (Wildman–Crippen LogP) is 3.90. The Labute approximate surface area is 111 Å². The fraction of sp³-hybridized carbons (Fsp3) is 0.444. The van der Waals surface area contributed by atoms with E-state index in [2.05, 4.69) is 30.4 Å². The predicted molar refractivity (Wildman–Crippen MR) is 55.1 cm³/mol. The zero-order valence-corrected chi connectivity index (χ0v) is 10.8. The maximum atomic E-state index is 12.6. The Hall–Kier alpha value is -1.19. The first-order valence-corrected chi connectivity index (χ1v) is 5.67. The molecule has 0 aromatic carbocycles. The first-order valence-electron chi connectivity index (χ1n) is 4.55. The molecule has 1 rings (SSSR count). The number of halogens is 7. The lowest BCUT2D eigenvalue weighted by atomic mass is 10.2. The molecule has 1 aromatic heterocycles. The molecule has 0 bridgehead atoms. The van der Waals surface area contributed by atoms with Crippen LogP contribution in [0, 0.1) is 0 Å². The number of methoxy groups -OCH3 is 1. The molecule has 1 heterocycles. The number of alkyl halides is 7. The van der Waals surface area contributed by atoms with Gasteiger partial charge in [-0.3, -0.25) is 0 Å². The molecule has 0 saturated heterocycles. The van der Waals surface area contributed by atoms with Gasteiger partial charge in [-0.2, -0.15) is 13.2 Å². The standard InChI is InChI=1S/C9H6BrF6NO2/c1-18-5-2-4(3-10)6(8(11,12)13)17-7(5)19-9(14,15)16/h2H,3H2,1H3. The normalized spacial score (nSPS) is 12.4. The number of rotatable bonds is 3. The molecule has 3 nitrogen and oxygen atoms in total. The van der Waals surface area contributed by atoms with Gasteiger partial charge in [0.25, 0.3) is 5.88 Å². The molecule has 0 aliphatic heterocycles. The molecular formula is C9H6BrF6NO2. The summed E-state index contributed by atoms with van der Waals surface area (Å²) < 4.78 is 82.0. The van der Waals surface area contributed by atoms with Crippen molar-refractivity contribution in [2.45, 2.75) is 17.9 Å². The lowest BCUT2D eigenvalue weighted by molar-refractivity contribution is -0.277. The summed E-state index contributed by atoms with van der Waals surface area (Å²) in [4.78, 5) is 2.85. The van der Waals surface area contributed by atoms with Crippen LogP contribution in [0.2, 0.25) is 0 Å². The highest BCUT2D eigenvalue weighted by molar-refractivity contribution is 9.08. The Morgan fingerprint density at radius 3 is 2.16 bits per heavy atom. The van der Waals surface area contributed by atoms with E-state index in [1.54, 1.807) is 0 Å². The van der Waals surface area contributed by atoms with Crippen molar-refractivity contribution in [1.82, 2.24) is 4.98 Å². The molecule has 1 aromatic rings. The molecule has 0 amide bonds. The summed E-state index contributed by atoms with van der Waals surface area (Å²) >= 11 is 2.79. The molecule has 0 spiro atoms. The third-order valence-electron chi connectivity index (χ3n) is 1.88. The van der Waals surface area contributed by atoms with Crippen molar-refractivity contribution < 1.29 is 35.8 Å². The van der Waals surface area contributed by atoms with Crippen LogP contribution in [0.4, 0.5) is 26.3 Å². The van der Waals surface area contributed by atoms with E-state index in [-0.39, 0.29) is 10.9 Å². The maximum Gasteiger partial charge on any atom is 0.574 e. The lowest BCUT2D eigenvalue weighted by Crippen LogP contribution is -2.20. The fourth-order valence-electron chi connectivity index (χ4n) is 1.19. The topological polar surface area (TPSA) is 31.4 Å². The molecule has 108 valence electrons. The third-order valence-corrected chi connectivity index (χ3v) is 2.48. The number of ether oxygens (including phenoxy) is 2. The molecule has 0 N–H and O–H groups in total. The molecule has 0 fully saturated rings. The Morgan fingerprint density at radius 1 is 1.21 bits per heavy atom. The summed E-state index contributed by atoms with van der Waals surface area (Å²) in [5, 5.41) is -0.252. The molecule has 0 aliphatic carbocycles.